The van der Waals surface area contributed by atoms with E-state index in [-0.39, 0.29) is 12.2 Å². The van der Waals surface area contributed by atoms with Gasteiger partial charge in [0.2, 0.25) is 11.8 Å². The van der Waals surface area contributed by atoms with E-state index in [1.807, 2.05) is 49.4 Å². The van der Waals surface area contributed by atoms with Gasteiger partial charge in [0.25, 0.3) is 0 Å². The number of nitrogens with two attached hydrogens (primary N) is 1. The molecular formula is C19H16N4O2S. The fourth-order valence-corrected chi connectivity index (χ4v) is 3.49. The smallest absolute Gasteiger partial charge is 0.247 e. The summed E-state index contributed by atoms with van der Waals surface area (Å²) in [5.41, 5.74) is 9.48. The van der Waals surface area contributed by atoms with Gasteiger partial charge in [-0.25, -0.2) is 4.98 Å². The number of nitrogens with zero attached hydrogens (tertiary/aromatic N) is 3. The first kappa shape index (κ1) is 16.4. The number of carbonyl (C=O) groups excluding carboxylic acids is 1. The van der Waals surface area contributed by atoms with E-state index in [1.165, 1.54) is 11.3 Å². The highest BCUT2D eigenvalue weighted by atomic mass is 32.1. The quantitative estimate of drug-likeness (QED) is 0.581. The molecule has 26 heavy (non-hydrogen) atoms. The summed E-state index contributed by atoms with van der Waals surface area (Å²) in [7, 11) is 0. The van der Waals surface area contributed by atoms with Crippen molar-refractivity contribution in [2.45, 2.75) is 19.8 Å². The van der Waals surface area contributed by atoms with Gasteiger partial charge in [-0.15, -0.1) is 10.2 Å². The van der Waals surface area contributed by atoms with Crippen molar-refractivity contribution in [3.8, 4) is 11.5 Å². The van der Waals surface area contributed by atoms with Crippen LogP contribution in [0.5, 0.6) is 0 Å². The van der Waals surface area contributed by atoms with Crippen LogP contribution in [-0.4, -0.2) is 21.0 Å². The van der Waals surface area contributed by atoms with Crippen molar-refractivity contribution >= 4 is 32.5 Å². The van der Waals surface area contributed by atoms with E-state index in [0.717, 1.165) is 26.9 Å². The highest BCUT2D eigenvalue weighted by Gasteiger charge is 2.13. The van der Waals surface area contributed by atoms with Crippen molar-refractivity contribution in [1.29, 1.82) is 0 Å². The first-order valence-electron chi connectivity index (χ1n) is 8.13. The maximum Gasteiger partial charge on any atom is 0.247 e. The summed E-state index contributed by atoms with van der Waals surface area (Å²) in [5.74, 6) is 0.768. The number of anilines is 1. The summed E-state index contributed by atoms with van der Waals surface area (Å²) >= 11 is 1.41. The number of ketones is 1. The molecule has 0 unspecified atom stereocenters. The molecule has 130 valence electrons. The number of carbonyl (C=O) groups is 1. The van der Waals surface area contributed by atoms with Crippen LogP contribution in [-0.2, 0) is 17.6 Å². The van der Waals surface area contributed by atoms with Crippen LogP contribution in [0.15, 0.2) is 46.9 Å². The molecule has 4 aromatic rings. The lowest BCUT2D eigenvalue weighted by atomic mass is 10.1. The third-order valence-corrected chi connectivity index (χ3v) is 4.83. The maximum atomic E-state index is 12.3. The van der Waals surface area contributed by atoms with Crippen molar-refractivity contribution in [3.63, 3.8) is 0 Å². The summed E-state index contributed by atoms with van der Waals surface area (Å²) in [5, 5.41) is 8.54. The van der Waals surface area contributed by atoms with Gasteiger partial charge in [-0.3, -0.25) is 4.79 Å². The Labute approximate surface area is 153 Å². The molecule has 0 amide bonds. The molecule has 7 heteroatoms. The predicted octanol–water partition coefficient (Wildman–Crippen LogP) is 3.59. The maximum absolute atomic E-state index is 12.3. The molecule has 0 fully saturated rings. The summed E-state index contributed by atoms with van der Waals surface area (Å²) in [6.45, 7) is 2.01. The van der Waals surface area contributed by atoms with Gasteiger partial charge in [0.05, 0.1) is 16.6 Å². The number of Topliss-reactive ketones (excluding diaryl/α,β-unsaturated/α-hetero) is 1. The number of nitrogen functional groups attached to an aromatic ring is 1. The van der Waals surface area contributed by atoms with Gasteiger partial charge in [-0.2, -0.15) is 0 Å². The van der Waals surface area contributed by atoms with Crippen molar-refractivity contribution in [1.82, 2.24) is 15.2 Å². The number of rotatable bonds is 5. The van der Waals surface area contributed by atoms with Crippen LogP contribution < -0.4 is 5.73 Å². The minimum Gasteiger partial charge on any atom is -0.420 e. The van der Waals surface area contributed by atoms with E-state index in [1.54, 1.807) is 0 Å². The van der Waals surface area contributed by atoms with E-state index < -0.39 is 0 Å². The zero-order valence-electron chi connectivity index (χ0n) is 14.1. The Morgan fingerprint density at radius 2 is 1.92 bits per heavy atom. The van der Waals surface area contributed by atoms with Crippen LogP contribution in [0.4, 0.5) is 5.13 Å². The second-order valence-electron chi connectivity index (χ2n) is 6.11. The van der Waals surface area contributed by atoms with Gasteiger partial charge in [0.1, 0.15) is 5.78 Å². The molecule has 0 bridgehead atoms. The first-order chi connectivity index (χ1) is 12.6. The minimum atomic E-state index is 0.0148. The number of hydrogen-bond donors (Lipinski definition) is 1. The largest absolute Gasteiger partial charge is 0.420 e. The van der Waals surface area contributed by atoms with E-state index >= 15 is 0 Å². The Balaban J connectivity index is 1.45. The van der Waals surface area contributed by atoms with Crippen LogP contribution in [0.3, 0.4) is 0 Å². The van der Waals surface area contributed by atoms with Crippen LogP contribution in [0, 0.1) is 6.92 Å². The lowest BCUT2D eigenvalue weighted by Crippen LogP contribution is -2.06. The van der Waals surface area contributed by atoms with Gasteiger partial charge >= 0.3 is 0 Å². The van der Waals surface area contributed by atoms with E-state index in [9.17, 15) is 4.79 Å². The highest BCUT2D eigenvalue weighted by molar-refractivity contribution is 7.22. The SMILES string of the molecule is Cc1ccc(-c2nnc(CC(=O)Cc3ccc4nc(N)sc4c3)o2)cc1. The number of hydrogen-bond acceptors (Lipinski definition) is 7. The van der Waals surface area contributed by atoms with Crippen molar-refractivity contribution < 1.29 is 9.21 Å². The van der Waals surface area contributed by atoms with Gasteiger partial charge in [0, 0.05) is 12.0 Å². The Kier molecular flexibility index (Phi) is 4.22. The van der Waals surface area contributed by atoms with Crippen LogP contribution in [0.25, 0.3) is 21.7 Å². The van der Waals surface area contributed by atoms with E-state index in [0.29, 0.717) is 23.3 Å². The lowest BCUT2D eigenvalue weighted by molar-refractivity contribution is -0.118. The van der Waals surface area contributed by atoms with Crippen LogP contribution in [0.2, 0.25) is 0 Å². The Bertz CT molecular complexity index is 1080. The Hall–Kier alpha value is -3.06. The molecular weight excluding hydrogens is 348 g/mol. The summed E-state index contributed by atoms with van der Waals surface area (Å²) < 4.78 is 6.60. The molecule has 0 radical (unpaired) electrons. The molecule has 0 aliphatic heterocycles. The Morgan fingerprint density at radius 3 is 2.73 bits per heavy atom. The zero-order valence-corrected chi connectivity index (χ0v) is 14.9. The molecule has 0 aliphatic carbocycles. The van der Waals surface area contributed by atoms with Crippen LogP contribution in [0.1, 0.15) is 17.0 Å². The fourth-order valence-electron chi connectivity index (χ4n) is 2.69. The number of fused-ring (bicyclic) bond motifs is 1. The summed E-state index contributed by atoms with van der Waals surface area (Å²) in [4.78, 5) is 16.6. The number of aryl methyl sites for hydroxylation is 1. The van der Waals surface area contributed by atoms with E-state index in [4.69, 9.17) is 10.2 Å². The molecule has 6 nitrogen and oxygen atoms in total. The standard InChI is InChI=1S/C19H16N4O2S/c1-11-2-5-13(6-3-11)18-23-22-17(25-18)10-14(24)8-12-4-7-15-16(9-12)26-19(20)21-15/h2-7,9H,8,10H2,1H3,(H2,20,21). The third kappa shape index (κ3) is 3.48. The van der Waals surface area contributed by atoms with Gasteiger partial charge in [-0.1, -0.05) is 35.1 Å². The number of aromatic nitrogens is 3. The molecule has 0 spiro atoms. The zero-order chi connectivity index (χ0) is 18.1. The van der Waals surface area contributed by atoms with Crippen molar-refractivity contribution in [3.05, 3.63) is 59.5 Å². The van der Waals surface area contributed by atoms with Crippen molar-refractivity contribution in [2.24, 2.45) is 0 Å². The molecule has 0 aliphatic rings. The minimum absolute atomic E-state index is 0.0148. The van der Waals surface area contributed by atoms with E-state index in [2.05, 4.69) is 15.2 Å². The van der Waals surface area contributed by atoms with Gasteiger partial charge in [-0.05, 0) is 36.8 Å². The summed E-state index contributed by atoms with van der Waals surface area (Å²) in [6.07, 6.45) is 0.414. The topological polar surface area (TPSA) is 94.9 Å². The monoisotopic (exact) mass is 364 g/mol. The fraction of sp³-hybridized carbons (Fsp3) is 0.158. The molecule has 0 saturated carbocycles. The normalized spacial score (nSPS) is 11.1. The number of thiazole rings is 1. The molecule has 2 aromatic heterocycles. The Morgan fingerprint density at radius 1 is 1.12 bits per heavy atom. The molecule has 2 N–H and O–H groups in total. The highest BCUT2D eigenvalue weighted by Crippen LogP contribution is 2.25. The third-order valence-electron chi connectivity index (χ3n) is 3.98. The van der Waals surface area contributed by atoms with Crippen LogP contribution >= 0.6 is 11.3 Å². The predicted molar refractivity (Wildman–Crippen MR) is 101 cm³/mol. The molecule has 2 aromatic carbocycles. The first-order valence-corrected chi connectivity index (χ1v) is 8.94. The van der Waals surface area contributed by atoms with Crippen molar-refractivity contribution in [2.75, 3.05) is 5.73 Å². The van der Waals surface area contributed by atoms with Gasteiger partial charge in [0.15, 0.2) is 5.13 Å². The summed E-state index contributed by atoms with van der Waals surface area (Å²) in [6, 6.07) is 13.5. The molecule has 0 saturated heterocycles. The molecule has 2 heterocycles. The molecule has 0 atom stereocenters. The second kappa shape index (κ2) is 6.68. The van der Waals surface area contributed by atoms with Gasteiger partial charge < -0.3 is 10.2 Å². The average Bonchev–Trinajstić information content (AvgIpc) is 3.20. The second-order valence-corrected chi connectivity index (χ2v) is 7.18. The lowest BCUT2D eigenvalue weighted by Gasteiger charge is -1.99. The average molecular weight is 364 g/mol. The molecule has 4 rings (SSSR count). The number of benzene rings is 2.